The molecule has 6 aromatic rings. The zero-order valence-corrected chi connectivity index (χ0v) is 52.6. The van der Waals surface area contributed by atoms with Crippen molar-refractivity contribution in [1.82, 2.24) is 39.5 Å². The zero-order valence-electron chi connectivity index (χ0n) is 51.1. The van der Waals surface area contributed by atoms with Gasteiger partial charge in [0.25, 0.3) is 11.8 Å². The third-order valence-electron chi connectivity index (χ3n) is 20.3. The minimum absolute atomic E-state index is 0.00300. The van der Waals surface area contributed by atoms with Crippen LogP contribution in [0.3, 0.4) is 0 Å². The van der Waals surface area contributed by atoms with Gasteiger partial charge in [-0.05, 0) is 98.6 Å². The van der Waals surface area contributed by atoms with Crippen LogP contribution in [0.25, 0.3) is 21.5 Å². The second-order valence-electron chi connectivity index (χ2n) is 26.4. The molecule has 8 aliphatic rings. The molecule has 2 aromatic heterocycles. The van der Waals surface area contributed by atoms with Gasteiger partial charge in [-0.1, -0.05) is 66.7 Å². The molecular formula is C68H70Cl2F4N14O4. The zero-order chi connectivity index (χ0) is 63.7. The molecule has 92 heavy (non-hydrogen) atoms. The van der Waals surface area contributed by atoms with E-state index < -0.39 is 47.2 Å². The molecule has 1 unspecified atom stereocenters. The number of aromatic nitrogens is 4. The summed E-state index contributed by atoms with van der Waals surface area (Å²) in [6.07, 6.45) is 6.18. The number of rotatable bonds is 19. The topological polar surface area (TPSA) is 178 Å². The lowest BCUT2D eigenvalue weighted by atomic mass is 9.86. The first-order valence-electron chi connectivity index (χ1n) is 31.8. The van der Waals surface area contributed by atoms with Crippen LogP contribution in [-0.2, 0) is 35.5 Å². The Morgan fingerprint density at radius 2 is 1.12 bits per heavy atom. The average Bonchev–Trinajstić information content (AvgIpc) is 0.828. The third kappa shape index (κ3) is 11.9. The van der Waals surface area contributed by atoms with Crippen molar-refractivity contribution in [3.63, 3.8) is 0 Å². The van der Waals surface area contributed by atoms with Gasteiger partial charge < -0.3 is 48.7 Å². The van der Waals surface area contributed by atoms with E-state index in [0.717, 1.165) is 96.4 Å². The van der Waals surface area contributed by atoms with Gasteiger partial charge in [-0.15, -0.1) is 0 Å². The number of fused-ring (bicyclic) bond motifs is 4. The first-order valence-corrected chi connectivity index (χ1v) is 32.6. The van der Waals surface area contributed by atoms with E-state index in [2.05, 4.69) is 49.8 Å². The molecule has 2 amide bonds. The van der Waals surface area contributed by atoms with Crippen LogP contribution in [0.15, 0.2) is 79.4 Å². The molecule has 4 saturated heterocycles. The van der Waals surface area contributed by atoms with Gasteiger partial charge in [0.15, 0.2) is 11.7 Å². The number of amides is 2. The Kier molecular flexibility index (Phi) is 16.6. The number of hydrogen-bond acceptors (Lipinski definition) is 16. The Balaban J connectivity index is 0.691. The molecule has 0 spiro atoms. The smallest absolute Gasteiger partial charge is 0.318 e. The Bertz CT molecular complexity index is 4070. The number of benzene rings is 4. The summed E-state index contributed by atoms with van der Waals surface area (Å²) in [6, 6.07) is 20.0. The van der Waals surface area contributed by atoms with Gasteiger partial charge in [0.2, 0.25) is 0 Å². The largest absolute Gasteiger partial charge is 0.463 e. The summed E-state index contributed by atoms with van der Waals surface area (Å²) in [6.45, 7) is 15.8. The third-order valence-corrected chi connectivity index (χ3v) is 21.0. The van der Waals surface area contributed by atoms with Crippen LogP contribution < -0.4 is 29.1 Å². The van der Waals surface area contributed by atoms with Crippen molar-refractivity contribution in [1.29, 1.82) is 10.5 Å². The van der Waals surface area contributed by atoms with E-state index in [-0.39, 0.29) is 77.8 Å². The van der Waals surface area contributed by atoms with Crippen molar-refractivity contribution in [3.05, 3.63) is 129 Å². The lowest BCUT2D eigenvalue weighted by Gasteiger charge is -2.42. The van der Waals surface area contributed by atoms with Crippen molar-refractivity contribution in [2.24, 2.45) is 10.8 Å². The summed E-state index contributed by atoms with van der Waals surface area (Å²) < 4.78 is 73.2. The number of anilines is 4. The van der Waals surface area contributed by atoms with E-state index >= 15 is 4.39 Å². The van der Waals surface area contributed by atoms with E-state index in [1.54, 1.807) is 12.1 Å². The highest BCUT2D eigenvalue weighted by Crippen LogP contribution is 2.51. The maximum Gasteiger partial charge on any atom is 0.318 e. The summed E-state index contributed by atoms with van der Waals surface area (Å²) in [5, 5.41) is 22.6. The van der Waals surface area contributed by atoms with Crippen molar-refractivity contribution in [3.8, 4) is 24.2 Å². The van der Waals surface area contributed by atoms with Crippen LogP contribution in [0.5, 0.6) is 12.0 Å². The molecule has 0 N–H and O–H groups in total. The van der Waals surface area contributed by atoms with Gasteiger partial charge in [0.05, 0.1) is 84.8 Å². The standard InChI is InChI=1S/C68H70Cl2F4N14O4/c1-41(71)63(89)87-28-26-85(33-45(87)12-20-75)61-48-14-24-83(55-8-3-6-43-10-11-51(73)59(69)57(43)55)35-53(48)77-66(80-61)92-40-68(18-19-68)38-82-31-44(32-82)50-30-52(74)60(70)58-47(50)7-4-9-56(58)84-25-15-49-54(36-84)78-65(91-39-67(16-17-67)37-81-22-5-23-81)79-62(49)86-27-29-88(64(90)42(2)72)46(34-86)13-21-76/h3-4,6-11,30,44-46H,1-2,5,12-19,22-29,31-40H2/t45?,46-/m0/s1. The minimum Gasteiger partial charge on any atom is -0.463 e. The number of piperazine rings is 2. The van der Waals surface area contributed by atoms with Crippen LogP contribution in [0.4, 0.5) is 40.6 Å². The predicted molar refractivity (Wildman–Crippen MR) is 342 cm³/mol. The number of carbonyl (C=O) groups is 2. The van der Waals surface area contributed by atoms with Gasteiger partial charge >= 0.3 is 12.0 Å². The van der Waals surface area contributed by atoms with Crippen molar-refractivity contribution >= 4 is 79.6 Å². The maximum absolute atomic E-state index is 16.5. The Labute approximate surface area is 541 Å². The van der Waals surface area contributed by atoms with Crippen molar-refractivity contribution in [2.75, 3.05) is 124 Å². The molecule has 18 nitrogen and oxygen atoms in total. The second-order valence-corrected chi connectivity index (χ2v) is 27.1. The van der Waals surface area contributed by atoms with Crippen LogP contribution in [0, 0.1) is 45.1 Å². The lowest BCUT2D eigenvalue weighted by Crippen LogP contribution is -2.55. The molecule has 478 valence electrons. The Hall–Kier alpha value is -8.02. The van der Waals surface area contributed by atoms with E-state index in [0.29, 0.717) is 107 Å². The SMILES string of the molecule is C=C(F)C(=O)N1CCN(c2nc(OCC3(CN4CC(c5cc(F)c(Cl)c6c(N7CCc8c(nc(OCC9(CN%10CCC%10)CC9)nc8N8CCN(C(=O)C(=C)F)[C@@H](CC#N)C8)C7)cccc56)C4)CC3)nc3c2CCN(c2cccc4ccc(F)c(Cl)c24)C3)CC1CC#N. The minimum atomic E-state index is -1.08. The van der Waals surface area contributed by atoms with E-state index in [1.807, 2.05) is 41.3 Å². The van der Waals surface area contributed by atoms with Gasteiger partial charge in [-0.25, -0.2) is 17.6 Å². The summed E-state index contributed by atoms with van der Waals surface area (Å²) in [5.41, 5.74) is 5.55. The number of halogens is 6. The highest BCUT2D eigenvalue weighted by Gasteiger charge is 2.49. The molecule has 6 fully saturated rings. The molecule has 14 rings (SSSR count). The van der Waals surface area contributed by atoms with Gasteiger partial charge in [-0.2, -0.15) is 30.5 Å². The fraction of sp³-hybridized carbons (Fsp3) is 0.471. The van der Waals surface area contributed by atoms with Crippen LogP contribution >= 0.6 is 23.2 Å². The molecule has 6 aliphatic heterocycles. The summed E-state index contributed by atoms with van der Waals surface area (Å²) in [4.78, 5) is 62.1. The molecule has 2 aliphatic carbocycles. The quantitative estimate of drug-likeness (QED) is 0.0552. The molecule has 24 heteroatoms. The number of nitriles is 2. The van der Waals surface area contributed by atoms with Gasteiger partial charge in [0.1, 0.15) is 23.3 Å². The highest BCUT2D eigenvalue weighted by molar-refractivity contribution is 6.37. The summed E-state index contributed by atoms with van der Waals surface area (Å²) in [5.74, 6) is -3.51. The van der Waals surface area contributed by atoms with E-state index in [9.17, 15) is 33.3 Å². The second kappa shape index (κ2) is 24.8. The lowest BCUT2D eigenvalue weighted by molar-refractivity contribution is -0.132. The normalized spacial score (nSPS) is 21.0. The monoisotopic (exact) mass is 1290 g/mol. The van der Waals surface area contributed by atoms with Crippen LogP contribution in [-0.4, -0.2) is 168 Å². The first kappa shape index (κ1) is 61.5. The molecule has 0 radical (unpaired) electrons. The highest BCUT2D eigenvalue weighted by atomic mass is 35.5. The first-order chi connectivity index (χ1) is 44.5. The van der Waals surface area contributed by atoms with Gasteiger partial charge in [-0.3, -0.25) is 9.59 Å². The summed E-state index contributed by atoms with van der Waals surface area (Å²) in [7, 11) is 0. The molecule has 0 bridgehead atoms. The number of carbonyl (C=O) groups excluding carboxylic acids is 2. The molecule has 4 aromatic carbocycles. The number of nitrogens with zero attached hydrogens (tertiary/aromatic N) is 14. The molecular weight excluding hydrogens is 1220 g/mol. The van der Waals surface area contributed by atoms with Gasteiger partial charge in [0, 0.05) is 129 Å². The maximum atomic E-state index is 16.5. The number of hydrogen-bond donors (Lipinski definition) is 0. The van der Waals surface area contributed by atoms with Crippen molar-refractivity contribution in [2.45, 2.75) is 88.9 Å². The molecule has 2 saturated carbocycles. The molecule has 2 atom stereocenters. The van der Waals surface area contributed by atoms with E-state index in [1.165, 1.54) is 22.3 Å². The molecule has 8 heterocycles. The number of likely N-dealkylation sites (tertiary alicyclic amines) is 2. The van der Waals surface area contributed by atoms with E-state index in [4.69, 9.17) is 52.6 Å². The van der Waals surface area contributed by atoms with Crippen molar-refractivity contribution < 1.29 is 36.6 Å². The predicted octanol–water partition coefficient (Wildman–Crippen LogP) is 10.2. The van der Waals surface area contributed by atoms with Crippen LogP contribution in [0.1, 0.15) is 78.9 Å². The Morgan fingerprint density at radius 3 is 1.62 bits per heavy atom. The fourth-order valence-corrected chi connectivity index (χ4v) is 15.3. The fourth-order valence-electron chi connectivity index (χ4n) is 14.8. The van der Waals surface area contributed by atoms with Crippen LogP contribution in [0.2, 0.25) is 10.0 Å². The summed E-state index contributed by atoms with van der Waals surface area (Å²) >= 11 is 13.7. The Morgan fingerprint density at radius 1 is 0.609 bits per heavy atom. The number of ether oxygens (including phenoxy) is 2. The average molecular weight is 1290 g/mol.